The molecule has 0 saturated heterocycles. The quantitative estimate of drug-likeness (QED) is 0.839. The Labute approximate surface area is 128 Å². The highest BCUT2D eigenvalue weighted by molar-refractivity contribution is 7.09. The van der Waals surface area contributed by atoms with E-state index in [0.29, 0.717) is 17.4 Å². The average Bonchev–Trinajstić information content (AvgIpc) is 2.82. The summed E-state index contributed by atoms with van der Waals surface area (Å²) in [5.74, 6) is 0.524. The van der Waals surface area contributed by atoms with E-state index in [9.17, 15) is 0 Å². The van der Waals surface area contributed by atoms with Gasteiger partial charge < -0.3 is 5.32 Å². The first-order valence-electron chi connectivity index (χ1n) is 7.98. The highest BCUT2D eigenvalue weighted by Gasteiger charge is 2.41. The Morgan fingerprint density at radius 2 is 1.70 bits per heavy atom. The molecule has 0 radical (unpaired) electrons. The van der Waals surface area contributed by atoms with Crippen molar-refractivity contribution in [3.05, 3.63) is 16.1 Å². The first-order valence-corrected chi connectivity index (χ1v) is 8.86. The molecule has 114 valence electrons. The zero-order chi connectivity index (χ0) is 15.0. The van der Waals surface area contributed by atoms with Gasteiger partial charge in [-0.05, 0) is 50.9 Å². The maximum absolute atomic E-state index is 4.96. The van der Waals surface area contributed by atoms with Crippen LogP contribution in [0.15, 0.2) is 5.38 Å². The third kappa shape index (κ3) is 3.43. The predicted molar refractivity (Wildman–Crippen MR) is 88.4 cm³/mol. The molecule has 1 aliphatic rings. The predicted octanol–water partition coefficient (Wildman–Crippen LogP) is 5.06. The fourth-order valence-corrected chi connectivity index (χ4v) is 4.30. The van der Waals surface area contributed by atoms with Crippen molar-refractivity contribution in [2.75, 3.05) is 0 Å². The number of aromatic nitrogens is 1. The summed E-state index contributed by atoms with van der Waals surface area (Å²) >= 11 is 1.85. The maximum atomic E-state index is 4.96. The molecule has 1 fully saturated rings. The van der Waals surface area contributed by atoms with Crippen LogP contribution in [0.2, 0.25) is 0 Å². The van der Waals surface area contributed by atoms with Crippen LogP contribution in [0.4, 0.5) is 0 Å². The molecule has 1 saturated carbocycles. The van der Waals surface area contributed by atoms with Crippen molar-refractivity contribution in [3.63, 3.8) is 0 Å². The molecule has 1 N–H and O–H groups in total. The van der Waals surface area contributed by atoms with E-state index in [0.717, 1.165) is 0 Å². The second-order valence-corrected chi connectivity index (χ2v) is 8.64. The molecule has 1 aliphatic carbocycles. The molecule has 0 aromatic carbocycles. The molecule has 1 aromatic heterocycles. The minimum absolute atomic E-state index is 0.113. The van der Waals surface area contributed by atoms with Crippen LogP contribution in [0.3, 0.4) is 0 Å². The van der Waals surface area contributed by atoms with Crippen molar-refractivity contribution in [3.8, 4) is 0 Å². The molecule has 0 aliphatic heterocycles. The third-order valence-corrected chi connectivity index (χ3v) is 5.61. The summed E-state index contributed by atoms with van der Waals surface area (Å²) in [6.45, 7) is 13.7. The Bertz CT molecular complexity index is 436. The largest absolute Gasteiger partial charge is 0.303 e. The SMILES string of the molecule is CC(C)NC1(c2nc(C(C)C)cs2)CCC(C)(C)CC1. The van der Waals surface area contributed by atoms with Crippen molar-refractivity contribution < 1.29 is 0 Å². The summed E-state index contributed by atoms with van der Waals surface area (Å²) < 4.78 is 0. The van der Waals surface area contributed by atoms with Crippen molar-refractivity contribution in [1.29, 1.82) is 0 Å². The minimum Gasteiger partial charge on any atom is -0.303 e. The number of nitrogens with zero attached hydrogens (tertiary/aromatic N) is 1. The van der Waals surface area contributed by atoms with Crippen LogP contribution < -0.4 is 5.32 Å². The Balaban J connectivity index is 2.27. The Hall–Kier alpha value is -0.410. The average molecular weight is 295 g/mol. The van der Waals surface area contributed by atoms with Crippen molar-refractivity contribution in [2.45, 2.75) is 84.7 Å². The summed E-state index contributed by atoms with van der Waals surface area (Å²) in [7, 11) is 0. The number of nitrogens with one attached hydrogen (secondary N) is 1. The molecule has 2 rings (SSSR count). The van der Waals surface area contributed by atoms with Crippen molar-refractivity contribution >= 4 is 11.3 Å². The van der Waals surface area contributed by atoms with Crippen LogP contribution in [0.25, 0.3) is 0 Å². The lowest BCUT2D eigenvalue weighted by molar-refractivity contribution is 0.126. The fourth-order valence-electron chi connectivity index (χ4n) is 3.10. The lowest BCUT2D eigenvalue weighted by Gasteiger charge is -2.44. The molecule has 0 atom stereocenters. The molecular formula is C17H30N2S. The molecule has 0 spiro atoms. The van der Waals surface area contributed by atoms with E-state index < -0.39 is 0 Å². The van der Waals surface area contributed by atoms with Gasteiger partial charge in [0.15, 0.2) is 0 Å². The van der Waals surface area contributed by atoms with Crippen LogP contribution in [0.1, 0.15) is 83.8 Å². The zero-order valence-corrected chi connectivity index (χ0v) is 14.7. The molecule has 2 nitrogen and oxygen atoms in total. The van der Waals surface area contributed by atoms with Gasteiger partial charge in [0.2, 0.25) is 0 Å². The lowest BCUT2D eigenvalue weighted by Crippen LogP contribution is -2.49. The summed E-state index contributed by atoms with van der Waals surface area (Å²) in [5, 5.41) is 7.41. The van der Waals surface area contributed by atoms with Crippen LogP contribution in [0, 0.1) is 5.41 Å². The Morgan fingerprint density at radius 1 is 1.10 bits per heavy atom. The van der Waals surface area contributed by atoms with Gasteiger partial charge in [0, 0.05) is 11.4 Å². The van der Waals surface area contributed by atoms with E-state index in [4.69, 9.17) is 4.98 Å². The van der Waals surface area contributed by atoms with Gasteiger partial charge in [-0.25, -0.2) is 4.98 Å². The van der Waals surface area contributed by atoms with Crippen molar-refractivity contribution in [2.24, 2.45) is 5.41 Å². The first-order chi connectivity index (χ1) is 9.24. The van der Waals surface area contributed by atoms with E-state index in [1.807, 2.05) is 11.3 Å². The van der Waals surface area contributed by atoms with Crippen LogP contribution in [0.5, 0.6) is 0 Å². The van der Waals surface area contributed by atoms with Gasteiger partial charge in [0.1, 0.15) is 5.01 Å². The molecule has 0 bridgehead atoms. The van der Waals surface area contributed by atoms with E-state index in [1.54, 1.807) is 0 Å². The number of hydrogen-bond acceptors (Lipinski definition) is 3. The van der Waals surface area contributed by atoms with E-state index >= 15 is 0 Å². The van der Waals surface area contributed by atoms with E-state index in [1.165, 1.54) is 36.4 Å². The molecule has 1 heterocycles. The van der Waals surface area contributed by atoms with Crippen LogP contribution >= 0.6 is 11.3 Å². The molecule has 1 aromatic rings. The summed E-state index contributed by atoms with van der Waals surface area (Å²) in [5.41, 5.74) is 1.85. The number of hydrogen-bond donors (Lipinski definition) is 1. The Kier molecular flexibility index (Phi) is 4.60. The number of rotatable bonds is 4. The highest BCUT2D eigenvalue weighted by Crippen LogP contribution is 2.46. The highest BCUT2D eigenvalue weighted by atomic mass is 32.1. The van der Waals surface area contributed by atoms with Gasteiger partial charge in [0.25, 0.3) is 0 Å². The monoisotopic (exact) mass is 294 g/mol. The smallest absolute Gasteiger partial charge is 0.113 e. The molecule has 20 heavy (non-hydrogen) atoms. The van der Waals surface area contributed by atoms with Gasteiger partial charge in [-0.3, -0.25) is 0 Å². The number of thiazole rings is 1. The zero-order valence-electron chi connectivity index (χ0n) is 13.9. The summed E-state index contributed by atoms with van der Waals surface area (Å²) in [6.07, 6.45) is 4.99. The van der Waals surface area contributed by atoms with E-state index in [-0.39, 0.29) is 5.54 Å². The minimum atomic E-state index is 0.113. The molecule has 0 amide bonds. The second kappa shape index (κ2) is 5.76. The molecular weight excluding hydrogens is 264 g/mol. The topological polar surface area (TPSA) is 24.9 Å². The summed E-state index contributed by atoms with van der Waals surface area (Å²) in [6, 6.07) is 0.502. The van der Waals surface area contributed by atoms with Crippen LogP contribution in [-0.4, -0.2) is 11.0 Å². The van der Waals surface area contributed by atoms with Gasteiger partial charge in [-0.15, -0.1) is 11.3 Å². The second-order valence-electron chi connectivity index (χ2n) is 7.78. The third-order valence-electron chi connectivity index (χ3n) is 4.54. The van der Waals surface area contributed by atoms with Crippen LogP contribution in [-0.2, 0) is 5.54 Å². The lowest BCUT2D eigenvalue weighted by atomic mass is 9.69. The molecule has 3 heteroatoms. The van der Waals surface area contributed by atoms with Crippen molar-refractivity contribution in [1.82, 2.24) is 10.3 Å². The fraction of sp³-hybridized carbons (Fsp3) is 0.824. The van der Waals surface area contributed by atoms with Gasteiger partial charge in [-0.1, -0.05) is 27.7 Å². The Morgan fingerprint density at radius 3 is 2.15 bits per heavy atom. The summed E-state index contributed by atoms with van der Waals surface area (Å²) in [4.78, 5) is 4.96. The van der Waals surface area contributed by atoms with Gasteiger partial charge in [0.05, 0.1) is 11.2 Å². The maximum Gasteiger partial charge on any atom is 0.113 e. The standard InChI is InChI=1S/C17H30N2S/c1-12(2)14-11-20-15(18-14)17(19-13(3)4)9-7-16(5,6)8-10-17/h11-13,19H,7-10H2,1-6H3. The normalized spacial score (nSPS) is 21.6. The van der Waals surface area contributed by atoms with E-state index in [2.05, 4.69) is 52.2 Å². The molecule has 0 unspecified atom stereocenters. The van der Waals surface area contributed by atoms with Gasteiger partial charge >= 0.3 is 0 Å². The first kappa shape index (κ1) is 16.0. The van der Waals surface area contributed by atoms with Gasteiger partial charge in [-0.2, -0.15) is 0 Å².